The fraction of sp³-hybridized carbons (Fsp3) is 0.533. The summed E-state index contributed by atoms with van der Waals surface area (Å²) in [5, 5.41) is 8.35. The third-order valence-corrected chi connectivity index (χ3v) is 4.03. The molecular formula is C15H20N4O. The molecule has 0 aliphatic heterocycles. The number of aromatic nitrogens is 3. The quantitative estimate of drug-likeness (QED) is 0.931. The summed E-state index contributed by atoms with van der Waals surface area (Å²) >= 11 is 0. The summed E-state index contributed by atoms with van der Waals surface area (Å²) in [7, 11) is 1.86. The number of carbonyl (C=O) groups is 1. The van der Waals surface area contributed by atoms with Crippen molar-refractivity contribution in [2.24, 2.45) is 13.0 Å². The highest BCUT2D eigenvalue weighted by molar-refractivity contribution is 6.06. The van der Waals surface area contributed by atoms with E-state index in [0.717, 1.165) is 22.4 Å². The van der Waals surface area contributed by atoms with Crippen LogP contribution in [0.2, 0.25) is 0 Å². The minimum Gasteiger partial charge on any atom is -0.349 e. The fourth-order valence-electron chi connectivity index (χ4n) is 2.75. The fourth-order valence-corrected chi connectivity index (χ4v) is 2.75. The van der Waals surface area contributed by atoms with Crippen LogP contribution in [0, 0.1) is 19.8 Å². The molecule has 2 aromatic heterocycles. The lowest BCUT2D eigenvalue weighted by Crippen LogP contribution is -2.34. The Morgan fingerprint density at radius 2 is 2.15 bits per heavy atom. The van der Waals surface area contributed by atoms with Gasteiger partial charge in [0.1, 0.15) is 0 Å². The zero-order valence-corrected chi connectivity index (χ0v) is 12.4. The van der Waals surface area contributed by atoms with Crippen LogP contribution in [0.15, 0.2) is 6.07 Å². The van der Waals surface area contributed by atoms with E-state index in [9.17, 15) is 4.79 Å². The monoisotopic (exact) mass is 272 g/mol. The maximum absolute atomic E-state index is 12.5. The zero-order valence-electron chi connectivity index (χ0n) is 12.4. The van der Waals surface area contributed by atoms with E-state index >= 15 is 0 Å². The summed E-state index contributed by atoms with van der Waals surface area (Å²) < 4.78 is 1.73. The van der Waals surface area contributed by atoms with Crippen LogP contribution in [0.3, 0.4) is 0 Å². The maximum Gasteiger partial charge on any atom is 0.252 e. The predicted octanol–water partition coefficient (Wildman–Crippen LogP) is 2.11. The number of fused-ring (bicyclic) bond motifs is 1. The number of aryl methyl sites for hydroxylation is 3. The second-order valence-corrected chi connectivity index (χ2v) is 5.82. The summed E-state index contributed by atoms with van der Waals surface area (Å²) in [6.07, 6.45) is 2.44. The third-order valence-electron chi connectivity index (χ3n) is 4.03. The first-order valence-corrected chi connectivity index (χ1v) is 7.09. The van der Waals surface area contributed by atoms with Gasteiger partial charge in [0.15, 0.2) is 5.65 Å². The van der Waals surface area contributed by atoms with E-state index in [1.807, 2.05) is 27.0 Å². The number of amides is 1. The molecule has 3 rings (SSSR count). The van der Waals surface area contributed by atoms with Crippen molar-refractivity contribution in [2.45, 2.75) is 39.7 Å². The molecule has 2 aromatic rings. The summed E-state index contributed by atoms with van der Waals surface area (Å²) in [6, 6.07) is 2.09. The van der Waals surface area contributed by atoms with Gasteiger partial charge in [0, 0.05) is 18.8 Å². The normalized spacial score (nSPS) is 16.4. The SMILES string of the molecule is Cc1cc(C(=O)NC(C)C2CC2)c2c(C)nn(C)c2n1. The predicted molar refractivity (Wildman–Crippen MR) is 77.6 cm³/mol. The van der Waals surface area contributed by atoms with Crippen LogP contribution in [0.5, 0.6) is 0 Å². The van der Waals surface area contributed by atoms with Gasteiger partial charge in [-0.2, -0.15) is 5.10 Å². The molecule has 0 saturated heterocycles. The number of hydrogen-bond donors (Lipinski definition) is 1. The minimum absolute atomic E-state index is 0.0176. The van der Waals surface area contributed by atoms with Crippen LogP contribution in [0.1, 0.15) is 41.5 Å². The van der Waals surface area contributed by atoms with Gasteiger partial charge in [-0.1, -0.05) is 0 Å². The van der Waals surface area contributed by atoms with Gasteiger partial charge in [-0.15, -0.1) is 0 Å². The molecule has 1 aliphatic carbocycles. The molecule has 1 N–H and O–H groups in total. The Hall–Kier alpha value is -1.91. The Morgan fingerprint density at radius 3 is 2.80 bits per heavy atom. The van der Waals surface area contributed by atoms with E-state index in [2.05, 4.69) is 22.3 Å². The molecule has 1 aliphatic rings. The van der Waals surface area contributed by atoms with E-state index < -0.39 is 0 Å². The molecule has 0 aromatic carbocycles. The molecule has 1 saturated carbocycles. The maximum atomic E-state index is 12.5. The first-order chi connectivity index (χ1) is 9.47. The Kier molecular flexibility index (Phi) is 3.00. The van der Waals surface area contributed by atoms with E-state index in [4.69, 9.17) is 0 Å². The second kappa shape index (κ2) is 4.58. The molecule has 0 bridgehead atoms. The van der Waals surface area contributed by atoms with Gasteiger partial charge in [-0.25, -0.2) is 4.98 Å². The smallest absolute Gasteiger partial charge is 0.252 e. The highest BCUT2D eigenvalue weighted by Crippen LogP contribution is 2.32. The molecule has 1 amide bonds. The topological polar surface area (TPSA) is 59.8 Å². The van der Waals surface area contributed by atoms with E-state index in [1.165, 1.54) is 12.8 Å². The van der Waals surface area contributed by atoms with Crippen molar-refractivity contribution in [1.29, 1.82) is 0 Å². The number of rotatable bonds is 3. The molecule has 20 heavy (non-hydrogen) atoms. The van der Waals surface area contributed by atoms with Crippen molar-refractivity contribution in [1.82, 2.24) is 20.1 Å². The van der Waals surface area contributed by atoms with Gasteiger partial charge in [0.2, 0.25) is 0 Å². The van der Waals surface area contributed by atoms with Crippen LogP contribution >= 0.6 is 0 Å². The summed E-state index contributed by atoms with van der Waals surface area (Å²) in [5.74, 6) is 0.628. The summed E-state index contributed by atoms with van der Waals surface area (Å²) in [4.78, 5) is 17.0. The van der Waals surface area contributed by atoms with Gasteiger partial charge < -0.3 is 5.32 Å². The minimum atomic E-state index is -0.0176. The Morgan fingerprint density at radius 1 is 1.45 bits per heavy atom. The molecule has 106 valence electrons. The van der Waals surface area contributed by atoms with Crippen molar-refractivity contribution < 1.29 is 4.79 Å². The lowest BCUT2D eigenvalue weighted by Gasteiger charge is -2.13. The molecule has 0 spiro atoms. The first-order valence-electron chi connectivity index (χ1n) is 7.09. The molecule has 1 unspecified atom stereocenters. The van der Waals surface area contributed by atoms with Crippen LogP contribution in [0.4, 0.5) is 0 Å². The van der Waals surface area contributed by atoms with Gasteiger partial charge in [-0.3, -0.25) is 9.48 Å². The largest absolute Gasteiger partial charge is 0.349 e. The number of carbonyl (C=O) groups excluding carboxylic acids is 1. The number of nitrogens with zero attached hydrogens (tertiary/aromatic N) is 3. The molecule has 1 atom stereocenters. The summed E-state index contributed by atoms with van der Waals surface area (Å²) in [6.45, 7) is 5.90. The van der Waals surface area contributed by atoms with Crippen LogP contribution < -0.4 is 5.32 Å². The van der Waals surface area contributed by atoms with Crippen molar-refractivity contribution in [2.75, 3.05) is 0 Å². The Labute approximate surface area is 118 Å². The molecule has 2 heterocycles. The molecule has 1 fully saturated rings. The Balaban J connectivity index is 2.03. The van der Waals surface area contributed by atoms with Crippen molar-refractivity contribution in [3.8, 4) is 0 Å². The van der Waals surface area contributed by atoms with Crippen LogP contribution in [-0.2, 0) is 7.05 Å². The van der Waals surface area contributed by atoms with E-state index in [1.54, 1.807) is 4.68 Å². The molecular weight excluding hydrogens is 252 g/mol. The average molecular weight is 272 g/mol. The lowest BCUT2D eigenvalue weighted by molar-refractivity contribution is 0.0937. The number of nitrogens with one attached hydrogen (secondary N) is 1. The van der Waals surface area contributed by atoms with Crippen LogP contribution in [-0.4, -0.2) is 26.7 Å². The van der Waals surface area contributed by atoms with Gasteiger partial charge in [0.25, 0.3) is 5.91 Å². The van der Waals surface area contributed by atoms with Crippen LogP contribution in [0.25, 0.3) is 11.0 Å². The first kappa shape index (κ1) is 13.1. The summed E-state index contributed by atoms with van der Waals surface area (Å²) in [5.41, 5.74) is 3.14. The standard InChI is InChI=1S/C15H20N4O/c1-8-7-12(15(20)17-9(2)11-5-6-11)13-10(3)18-19(4)14(13)16-8/h7,9,11H,5-6H2,1-4H3,(H,17,20). The Bertz CT molecular complexity index is 685. The highest BCUT2D eigenvalue weighted by atomic mass is 16.1. The molecule has 5 nitrogen and oxygen atoms in total. The average Bonchev–Trinajstić information content (AvgIpc) is 3.17. The lowest BCUT2D eigenvalue weighted by atomic mass is 10.1. The number of pyridine rings is 1. The van der Waals surface area contributed by atoms with E-state index in [-0.39, 0.29) is 11.9 Å². The van der Waals surface area contributed by atoms with Crippen molar-refractivity contribution in [3.63, 3.8) is 0 Å². The third kappa shape index (κ3) is 2.17. The highest BCUT2D eigenvalue weighted by Gasteiger charge is 2.29. The van der Waals surface area contributed by atoms with Gasteiger partial charge in [-0.05, 0) is 45.6 Å². The molecule has 5 heteroatoms. The van der Waals surface area contributed by atoms with Crippen molar-refractivity contribution >= 4 is 16.9 Å². The second-order valence-electron chi connectivity index (χ2n) is 5.82. The van der Waals surface area contributed by atoms with Gasteiger partial charge >= 0.3 is 0 Å². The van der Waals surface area contributed by atoms with E-state index in [0.29, 0.717) is 11.5 Å². The molecule has 0 radical (unpaired) electrons. The zero-order chi connectivity index (χ0) is 14.4. The van der Waals surface area contributed by atoms with Gasteiger partial charge in [0.05, 0.1) is 16.6 Å². The number of hydrogen-bond acceptors (Lipinski definition) is 3. The van der Waals surface area contributed by atoms with Crippen molar-refractivity contribution in [3.05, 3.63) is 23.0 Å².